The van der Waals surface area contributed by atoms with E-state index in [1.165, 1.54) is 0 Å². The monoisotopic (exact) mass is 266 g/mol. The lowest BCUT2D eigenvalue weighted by molar-refractivity contribution is -0.110. The average molecular weight is 267 g/mol. The second-order valence-electron chi connectivity index (χ2n) is 4.96. The molecule has 3 nitrogen and oxygen atoms in total. The summed E-state index contributed by atoms with van der Waals surface area (Å²) in [7, 11) is 0. The van der Waals surface area contributed by atoms with Crippen LogP contribution in [-0.4, -0.2) is 17.8 Å². The summed E-state index contributed by atoms with van der Waals surface area (Å²) in [6.07, 6.45) is 1.16. The van der Waals surface area contributed by atoms with Gasteiger partial charge in [-0.3, -0.25) is 0 Å². The number of fused-ring (bicyclic) bond motifs is 1. The van der Waals surface area contributed by atoms with Gasteiger partial charge in [-0.2, -0.15) is 0 Å². The van der Waals surface area contributed by atoms with E-state index in [0.717, 1.165) is 11.0 Å². The third kappa shape index (κ3) is 2.03. The number of furan rings is 1. The van der Waals surface area contributed by atoms with E-state index in [-0.39, 0.29) is 6.10 Å². The number of hydrogen-bond acceptors (Lipinski definition) is 3. The Balaban J connectivity index is 2.03. The first-order valence-electron chi connectivity index (χ1n) is 6.10. The van der Waals surface area contributed by atoms with Gasteiger partial charge in [-0.1, -0.05) is 11.6 Å². The Bertz CT molecular complexity index is 577. The highest BCUT2D eigenvalue weighted by atomic mass is 35.5. The highest BCUT2D eigenvalue weighted by molar-refractivity contribution is 6.31. The molecule has 1 N–H and O–H groups in total. The topological polar surface area (TPSA) is 42.6 Å². The van der Waals surface area contributed by atoms with Gasteiger partial charge >= 0.3 is 0 Å². The molecular formula is C14H15ClO3. The van der Waals surface area contributed by atoms with E-state index in [1.807, 2.05) is 25.1 Å². The molecule has 96 valence electrons. The first kappa shape index (κ1) is 12.0. The molecule has 0 spiro atoms. The van der Waals surface area contributed by atoms with Crippen molar-refractivity contribution in [3.05, 3.63) is 35.0 Å². The number of hydrogen-bond donors (Lipinski definition) is 1. The Labute approximate surface area is 110 Å². The molecule has 18 heavy (non-hydrogen) atoms. The molecule has 1 aliphatic heterocycles. The fourth-order valence-electron chi connectivity index (χ4n) is 2.53. The molecule has 0 radical (unpaired) electrons. The van der Waals surface area contributed by atoms with Gasteiger partial charge in [0, 0.05) is 23.3 Å². The van der Waals surface area contributed by atoms with Gasteiger partial charge in [0.15, 0.2) is 0 Å². The summed E-state index contributed by atoms with van der Waals surface area (Å²) in [5.41, 5.74) is -0.176. The van der Waals surface area contributed by atoms with Crippen LogP contribution in [0.15, 0.2) is 28.7 Å². The maximum absolute atomic E-state index is 10.7. The van der Waals surface area contributed by atoms with Crippen molar-refractivity contribution in [1.29, 1.82) is 0 Å². The lowest BCUT2D eigenvalue weighted by Crippen LogP contribution is -2.37. The Hall–Kier alpha value is -1.03. The predicted molar refractivity (Wildman–Crippen MR) is 69.8 cm³/mol. The lowest BCUT2D eigenvalue weighted by Gasteiger charge is -2.33. The second-order valence-corrected chi connectivity index (χ2v) is 5.40. The summed E-state index contributed by atoms with van der Waals surface area (Å²) in [4.78, 5) is 0. The van der Waals surface area contributed by atoms with E-state index in [0.29, 0.717) is 30.2 Å². The van der Waals surface area contributed by atoms with Crippen molar-refractivity contribution in [1.82, 2.24) is 0 Å². The Kier molecular flexibility index (Phi) is 2.85. The van der Waals surface area contributed by atoms with Crippen LogP contribution >= 0.6 is 11.6 Å². The summed E-state index contributed by atoms with van der Waals surface area (Å²) >= 11 is 5.95. The number of rotatable bonds is 1. The van der Waals surface area contributed by atoms with Crippen LogP contribution in [-0.2, 0) is 10.3 Å². The summed E-state index contributed by atoms with van der Waals surface area (Å²) in [5, 5.41) is 12.3. The van der Waals surface area contributed by atoms with Crippen LogP contribution in [0.25, 0.3) is 11.0 Å². The van der Waals surface area contributed by atoms with Crippen LogP contribution in [0.1, 0.15) is 25.5 Å². The largest absolute Gasteiger partial charge is 0.458 e. The molecule has 1 aliphatic rings. The lowest BCUT2D eigenvalue weighted by atomic mass is 9.88. The Morgan fingerprint density at radius 3 is 3.00 bits per heavy atom. The van der Waals surface area contributed by atoms with Crippen LogP contribution < -0.4 is 0 Å². The first-order chi connectivity index (χ1) is 8.57. The van der Waals surface area contributed by atoms with E-state index in [1.54, 1.807) is 6.07 Å². The molecule has 1 fully saturated rings. The van der Waals surface area contributed by atoms with Gasteiger partial charge in [-0.15, -0.1) is 0 Å². The number of aliphatic hydroxyl groups is 1. The van der Waals surface area contributed by atoms with Crippen molar-refractivity contribution in [2.24, 2.45) is 0 Å². The Morgan fingerprint density at radius 2 is 2.22 bits per heavy atom. The SMILES string of the molecule is CC1CC(O)(c2cc3cc(Cl)ccc3o2)CCO1. The van der Waals surface area contributed by atoms with Crippen LogP contribution in [0.5, 0.6) is 0 Å². The number of halogens is 1. The maximum atomic E-state index is 10.7. The molecule has 0 saturated carbocycles. The standard InChI is InChI=1S/C14H15ClO3/c1-9-8-14(16,4-5-17-9)13-7-10-6-11(15)2-3-12(10)18-13/h2-3,6-7,9,16H,4-5,8H2,1H3. The van der Waals surface area contributed by atoms with Crippen molar-refractivity contribution < 1.29 is 14.3 Å². The molecule has 3 rings (SSSR count). The smallest absolute Gasteiger partial charge is 0.137 e. The second kappa shape index (κ2) is 4.26. The Morgan fingerprint density at radius 1 is 1.39 bits per heavy atom. The minimum absolute atomic E-state index is 0.0422. The zero-order chi connectivity index (χ0) is 12.8. The van der Waals surface area contributed by atoms with E-state index in [2.05, 4.69) is 0 Å². The minimum atomic E-state index is -0.927. The van der Waals surface area contributed by atoms with Gasteiger partial charge in [-0.25, -0.2) is 0 Å². The third-order valence-corrected chi connectivity index (χ3v) is 3.72. The first-order valence-corrected chi connectivity index (χ1v) is 6.48. The molecule has 4 heteroatoms. The third-order valence-electron chi connectivity index (χ3n) is 3.48. The molecule has 0 amide bonds. The van der Waals surface area contributed by atoms with Crippen LogP contribution in [0.4, 0.5) is 0 Å². The molecule has 1 aromatic heterocycles. The van der Waals surface area contributed by atoms with Crippen molar-refractivity contribution in [2.75, 3.05) is 6.61 Å². The van der Waals surface area contributed by atoms with Crippen LogP contribution in [0.2, 0.25) is 5.02 Å². The quantitative estimate of drug-likeness (QED) is 0.859. The van der Waals surface area contributed by atoms with Crippen molar-refractivity contribution in [3.8, 4) is 0 Å². The van der Waals surface area contributed by atoms with Crippen molar-refractivity contribution in [3.63, 3.8) is 0 Å². The normalized spacial score (nSPS) is 28.7. The fourth-order valence-corrected chi connectivity index (χ4v) is 2.71. The van der Waals surface area contributed by atoms with Gasteiger partial charge in [0.1, 0.15) is 16.9 Å². The highest BCUT2D eigenvalue weighted by Crippen LogP contribution is 2.37. The molecule has 2 atom stereocenters. The van der Waals surface area contributed by atoms with Crippen LogP contribution in [0, 0.1) is 0 Å². The molecule has 2 aromatic rings. The summed E-state index contributed by atoms with van der Waals surface area (Å²) in [6.45, 7) is 2.51. The van der Waals surface area contributed by atoms with Gasteiger partial charge < -0.3 is 14.3 Å². The predicted octanol–water partition coefficient (Wildman–Crippen LogP) is 3.47. The number of ether oxygens (including phenoxy) is 1. The molecule has 1 saturated heterocycles. The minimum Gasteiger partial charge on any atom is -0.458 e. The molecule has 2 heterocycles. The summed E-state index contributed by atoms with van der Waals surface area (Å²) in [6, 6.07) is 7.33. The van der Waals surface area contributed by atoms with E-state index < -0.39 is 5.60 Å². The maximum Gasteiger partial charge on any atom is 0.137 e. The van der Waals surface area contributed by atoms with E-state index in [9.17, 15) is 5.11 Å². The van der Waals surface area contributed by atoms with Crippen LogP contribution in [0.3, 0.4) is 0 Å². The van der Waals surface area contributed by atoms with Crippen molar-refractivity contribution >= 4 is 22.6 Å². The zero-order valence-corrected chi connectivity index (χ0v) is 10.9. The average Bonchev–Trinajstić information content (AvgIpc) is 2.72. The van der Waals surface area contributed by atoms with Gasteiger partial charge in [0.25, 0.3) is 0 Å². The van der Waals surface area contributed by atoms with E-state index >= 15 is 0 Å². The molecular weight excluding hydrogens is 252 g/mol. The highest BCUT2D eigenvalue weighted by Gasteiger charge is 2.38. The molecule has 0 bridgehead atoms. The number of benzene rings is 1. The van der Waals surface area contributed by atoms with E-state index in [4.69, 9.17) is 20.8 Å². The molecule has 0 aliphatic carbocycles. The zero-order valence-electron chi connectivity index (χ0n) is 10.1. The van der Waals surface area contributed by atoms with Gasteiger partial charge in [0.2, 0.25) is 0 Å². The fraction of sp³-hybridized carbons (Fsp3) is 0.429. The molecule has 1 aromatic carbocycles. The van der Waals surface area contributed by atoms with Gasteiger partial charge in [0.05, 0.1) is 12.7 Å². The van der Waals surface area contributed by atoms with Crippen molar-refractivity contribution in [2.45, 2.75) is 31.5 Å². The molecule has 2 unspecified atom stereocenters. The summed E-state index contributed by atoms with van der Waals surface area (Å²) in [5.74, 6) is 0.606. The van der Waals surface area contributed by atoms with Gasteiger partial charge in [-0.05, 0) is 31.2 Å². The summed E-state index contributed by atoms with van der Waals surface area (Å²) < 4.78 is 11.2.